The van der Waals surface area contributed by atoms with Gasteiger partial charge in [-0.15, -0.1) is 31.2 Å². The molecule has 0 saturated heterocycles. The zero-order chi connectivity index (χ0) is 22.4. The molecule has 2 rings (SSSR count). The fourth-order valence-corrected chi connectivity index (χ4v) is 3.75. The minimum Gasteiger partial charge on any atom is -0.508 e. The number of allylic oxidation sites excluding steroid dienone is 4. The fraction of sp³-hybridized carbons (Fsp3) is 0.560. The van der Waals surface area contributed by atoms with E-state index in [9.17, 15) is 5.11 Å². The third-order valence-corrected chi connectivity index (χ3v) is 5.08. The van der Waals surface area contributed by atoms with E-state index in [0.717, 1.165) is 17.2 Å². The summed E-state index contributed by atoms with van der Waals surface area (Å²) in [4.78, 5) is 0. The van der Waals surface area contributed by atoms with Crippen LogP contribution in [0.4, 0.5) is 0 Å². The number of phenolic OH excluding ortho intramolecular Hbond substituents is 1. The second kappa shape index (κ2) is 14.1. The molecule has 1 aliphatic rings. The van der Waals surface area contributed by atoms with Gasteiger partial charge in [0.2, 0.25) is 0 Å². The Morgan fingerprint density at radius 2 is 1.37 bits per heavy atom. The molecular weight excluding hydrogens is 463 g/mol. The molecule has 1 aromatic carbocycles. The van der Waals surface area contributed by atoms with Crippen molar-refractivity contribution >= 4 is 44.1 Å². The summed E-state index contributed by atoms with van der Waals surface area (Å²) in [5, 5.41) is 10.8. The quantitative estimate of drug-likeness (QED) is 0.308. The largest absolute Gasteiger partial charge is 0.508 e. The first-order valence-electron chi connectivity index (χ1n) is 9.86. The van der Waals surface area contributed by atoms with E-state index in [1.165, 1.54) is 26.1 Å². The summed E-state index contributed by atoms with van der Waals surface area (Å²) in [6, 6.07) is 0. The van der Waals surface area contributed by atoms with Crippen molar-refractivity contribution in [1.82, 2.24) is 0 Å². The zero-order valence-electron chi connectivity index (χ0n) is 20.6. The third-order valence-electron chi connectivity index (χ3n) is 4.59. The topological polar surface area (TPSA) is 20.2 Å². The van der Waals surface area contributed by atoms with Crippen LogP contribution in [0.1, 0.15) is 84.1 Å². The molecule has 1 N–H and O–H groups in total. The number of rotatable bonds is 0. The minimum absolute atomic E-state index is 0. The van der Waals surface area contributed by atoms with Gasteiger partial charge in [-0.05, 0) is 59.0 Å². The molecule has 0 bridgehead atoms. The standard InChI is InChI=1S/C13H19OSi.C9H13.C3H6.2ClH.Ti/c1-7-8(2)10(13(4,5)6)12(15)11(14)9(7)3;1-9(2,3)8-6-4-5-7-8;1-3-2;;;/h14H,1-6H3;4,6H,5H2,1-3H3;1-2H3;2*1H;/q;-1;;;;+1. The summed E-state index contributed by atoms with van der Waals surface area (Å²) in [7, 11) is 3.56. The van der Waals surface area contributed by atoms with Gasteiger partial charge in [-0.25, -0.2) is 11.6 Å². The van der Waals surface area contributed by atoms with Gasteiger partial charge >= 0.3 is 37.6 Å². The van der Waals surface area contributed by atoms with Gasteiger partial charge in [0.15, 0.2) is 0 Å². The maximum atomic E-state index is 10.0. The SMILES string of the molecule is CC(C)(C)C1=[C-]CC=C1.C[C](C)=[Ti+].Cc1c(C)c(O)c([Si])c(C(C)(C)C)c1C.Cl.Cl. The molecule has 0 amide bonds. The normalized spacial score (nSPS) is 12.4. The first-order chi connectivity index (χ1) is 12.5. The summed E-state index contributed by atoms with van der Waals surface area (Å²) in [6.45, 7) is 23.4. The summed E-state index contributed by atoms with van der Waals surface area (Å²) < 4.78 is 1.42. The molecular formula is C25H40Cl2OSiTi. The van der Waals surface area contributed by atoms with Crippen molar-refractivity contribution in [2.45, 2.75) is 88.0 Å². The van der Waals surface area contributed by atoms with E-state index in [4.69, 9.17) is 0 Å². The summed E-state index contributed by atoms with van der Waals surface area (Å²) >= 11 is 2.08. The second-order valence-corrected chi connectivity index (χ2v) is 11.7. The Hall–Kier alpha value is -0.119. The Bertz CT molecular complexity index is 734. The average Bonchev–Trinajstić information content (AvgIpc) is 3.04. The van der Waals surface area contributed by atoms with Crippen LogP contribution in [0.25, 0.3) is 0 Å². The van der Waals surface area contributed by atoms with Gasteiger partial charge < -0.3 is 5.11 Å². The fourth-order valence-electron chi connectivity index (χ4n) is 3.00. The molecule has 0 spiro atoms. The first kappa shape index (κ1) is 34.5. The summed E-state index contributed by atoms with van der Waals surface area (Å²) in [6.07, 6.45) is 8.63. The Morgan fingerprint density at radius 3 is 1.63 bits per heavy atom. The molecule has 0 aliphatic heterocycles. The van der Waals surface area contributed by atoms with E-state index >= 15 is 0 Å². The molecule has 30 heavy (non-hydrogen) atoms. The van der Waals surface area contributed by atoms with Crippen molar-refractivity contribution in [2.75, 3.05) is 0 Å². The Labute approximate surface area is 213 Å². The van der Waals surface area contributed by atoms with E-state index < -0.39 is 0 Å². The van der Waals surface area contributed by atoms with E-state index in [2.05, 4.69) is 118 Å². The molecule has 0 fully saturated rings. The van der Waals surface area contributed by atoms with Crippen LogP contribution in [-0.4, -0.2) is 19.2 Å². The molecule has 3 radical (unpaired) electrons. The van der Waals surface area contributed by atoms with Gasteiger partial charge in [-0.2, -0.15) is 6.08 Å². The van der Waals surface area contributed by atoms with Gasteiger partial charge in [-0.1, -0.05) is 41.5 Å². The smallest absolute Gasteiger partial charge is 0.117 e. The molecule has 5 heteroatoms. The van der Waals surface area contributed by atoms with Crippen molar-refractivity contribution in [1.29, 1.82) is 0 Å². The van der Waals surface area contributed by atoms with E-state index in [-0.39, 0.29) is 30.2 Å². The average molecular weight is 503 g/mol. The van der Waals surface area contributed by atoms with Crippen LogP contribution < -0.4 is 5.19 Å². The molecule has 0 atom stereocenters. The van der Waals surface area contributed by atoms with E-state index in [1.807, 2.05) is 6.92 Å². The molecule has 1 aliphatic carbocycles. The predicted molar refractivity (Wildman–Crippen MR) is 137 cm³/mol. The van der Waals surface area contributed by atoms with Gasteiger partial charge in [0.1, 0.15) is 5.75 Å². The van der Waals surface area contributed by atoms with Gasteiger partial charge in [0, 0.05) is 0 Å². The maximum absolute atomic E-state index is 10.0. The molecule has 1 aromatic rings. The van der Waals surface area contributed by atoms with E-state index in [1.54, 1.807) is 0 Å². The monoisotopic (exact) mass is 502 g/mol. The molecule has 168 valence electrons. The van der Waals surface area contributed by atoms with Crippen molar-refractivity contribution in [3.05, 3.63) is 46.1 Å². The van der Waals surface area contributed by atoms with Crippen molar-refractivity contribution in [3.8, 4) is 5.75 Å². The Morgan fingerprint density at radius 1 is 0.933 bits per heavy atom. The van der Waals surface area contributed by atoms with Gasteiger partial charge in [-0.3, -0.25) is 6.08 Å². The maximum Gasteiger partial charge on any atom is 0.117 e. The van der Waals surface area contributed by atoms with Crippen molar-refractivity contribution in [2.24, 2.45) is 5.41 Å². The number of aromatic hydroxyl groups is 1. The molecule has 0 unspecified atom stereocenters. The van der Waals surface area contributed by atoms with Crippen molar-refractivity contribution < 1.29 is 25.1 Å². The van der Waals surface area contributed by atoms with Crippen LogP contribution in [0.15, 0.2) is 17.7 Å². The number of benzene rings is 1. The Kier molecular flexibility index (Phi) is 16.2. The van der Waals surface area contributed by atoms with Gasteiger partial charge in [0.05, 0.1) is 10.2 Å². The zero-order valence-corrected chi connectivity index (χ0v) is 24.8. The molecule has 0 heterocycles. The van der Waals surface area contributed by atoms with E-state index in [0.29, 0.717) is 11.2 Å². The second-order valence-electron chi connectivity index (χ2n) is 9.67. The van der Waals surface area contributed by atoms with Gasteiger partial charge in [0.25, 0.3) is 0 Å². The number of hydrogen-bond acceptors (Lipinski definition) is 1. The molecule has 0 saturated carbocycles. The minimum atomic E-state index is 0. The van der Waals surface area contributed by atoms with Crippen LogP contribution in [0.5, 0.6) is 5.75 Å². The third kappa shape index (κ3) is 11.0. The first-order valence-corrected chi connectivity index (χ1v) is 11.1. The number of halogens is 2. The summed E-state index contributed by atoms with van der Waals surface area (Å²) in [5.41, 5.74) is 6.29. The number of hydrogen-bond donors (Lipinski definition) is 1. The molecule has 1 nitrogen and oxygen atoms in total. The van der Waals surface area contributed by atoms with Crippen LogP contribution in [0, 0.1) is 32.3 Å². The Balaban J connectivity index is -0.000000417. The van der Waals surface area contributed by atoms with Crippen LogP contribution in [-0.2, 0) is 25.4 Å². The number of phenols is 1. The van der Waals surface area contributed by atoms with Crippen LogP contribution >= 0.6 is 24.8 Å². The van der Waals surface area contributed by atoms with Crippen LogP contribution in [0.3, 0.4) is 0 Å². The van der Waals surface area contributed by atoms with Crippen molar-refractivity contribution in [3.63, 3.8) is 0 Å². The molecule has 0 aromatic heterocycles. The van der Waals surface area contributed by atoms with Crippen LogP contribution in [0.2, 0.25) is 0 Å². The predicted octanol–water partition coefficient (Wildman–Crippen LogP) is 6.72. The summed E-state index contributed by atoms with van der Waals surface area (Å²) in [5.74, 6) is 0.375.